The van der Waals surface area contributed by atoms with E-state index in [1.54, 1.807) is 11.8 Å². The van der Waals surface area contributed by atoms with E-state index >= 15 is 0 Å². The summed E-state index contributed by atoms with van der Waals surface area (Å²) in [5, 5.41) is 2.90. The SMILES string of the molecule is Cc1cccc(CN2CCN(C(=O)[C@H]3CSC(C)(C)C(=O)N3)CC2)c1. The van der Waals surface area contributed by atoms with Crippen molar-refractivity contribution in [1.29, 1.82) is 0 Å². The first-order chi connectivity index (χ1) is 11.8. The van der Waals surface area contributed by atoms with Crippen LogP contribution in [0.1, 0.15) is 25.0 Å². The minimum Gasteiger partial charge on any atom is -0.342 e. The molecule has 2 fully saturated rings. The molecule has 136 valence electrons. The number of rotatable bonds is 3. The van der Waals surface area contributed by atoms with Gasteiger partial charge in [0.15, 0.2) is 0 Å². The van der Waals surface area contributed by atoms with Crippen LogP contribution in [0.4, 0.5) is 0 Å². The van der Waals surface area contributed by atoms with Gasteiger partial charge in [0.25, 0.3) is 0 Å². The third-order valence-electron chi connectivity index (χ3n) is 4.93. The highest BCUT2D eigenvalue weighted by atomic mass is 32.2. The lowest BCUT2D eigenvalue weighted by atomic mass is 10.1. The van der Waals surface area contributed by atoms with E-state index < -0.39 is 4.75 Å². The number of nitrogens with one attached hydrogen (secondary N) is 1. The molecule has 0 saturated carbocycles. The topological polar surface area (TPSA) is 52.7 Å². The Balaban J connectivity index is 1.50. The zero-order valence-corrected chi connectivity index (χ0v) is 16.1. The maximum Gasteiger partial charge on any atom is 0.246 e. The molecule has 5 nitrogen and oxygen atoms in total. The molecule has 0 spiro atoms. The van der Waals surface area contributed by atoms with E-state index in [0.717, 1.165) is 32.7 Å². The first-order valence-corrected chi connectivity index (χ1v) is 9.85. The van der Waals surface area contributed by atoms with E-state index in [1.807, 2.05) is 18.7 Å². The summed E-state index contributed by atoms with van der Waals surface area (Å²) in [5.41, 5.74) is 2.60. The predicted octanol–water partition coefficient (Wildman–Crippen LogP) is 1.65. The number of hydrogen-bond acceptors (Lipinski definition) is 4. The Morgan fingerprint density at radius 2 is 2.00 bits per heavy atom. The second kappa shape index (κ2) is 7.38. The van der Waals surface area contributed by atoms with Gasteiger partial charge in [0.05, 0.1) is 4.75 Å². The number of amides is 2. The molecule has 25 heavy (non-hydrogen) atoms. The second-order valence-corrected chi connectivity index (χ2v) is 9.08. The van der Waals surface area contributed by atoms with Crippen LogP contribution < -0.4 is 5.32 Å². The quantitative estimate of drug-likeness (QED) is 0.889. The molecule has 0 radical (unpaired) electrons. The Labute approximate surface area is 154 Å². The summed E-state index contributed by atoms with van der Waals surface area (Å²) in [5.74, 6) is 0.674. The molecule has 2 aliphatic rings. The number of nitrogens with zero attached hydrogens (tertiary/aromatic N) is 2. The van der Waals surface area contributed by atoms with Gasteiger partial charge in [0.1, 0.15) is 6.04 Å². The van der Waals surface area contributed by atoms with Crippen LogP contribution in [-0.2, 0) is 16.1 Å². The minimum absolute atomic E-state index is 0.0415. The monoisotopic (exact) mass is 361 g/mol. The highest BCUT2D eigenvalue weighted by Gasteiger charge is 2.39. The van der Waals surface area contributed by atoms with Gasteiger partial charge in [-0.1, -0.05) is 29.8 Å². The summed E-state index contributed by atoms with van der Waals surface area (Å²) < 4.78 is -0.441. The first-order valence-electron chi connectivity index (χ1n) is 8.87. The summed E-state index contributed by atoms with van der Waals surface area (Å²) in [6.45, 7) is 10.0. The van der Waals surface area contributed by atoms with Crippen molar-refractivity contribution in [3.05, 3.63) is 35.4 Å². The number of benzene rings is 1. The van der Waals surface area contributed by atoms with Crippen LogP contribution in [0.15, 0.2) is 24.3 Å². The lowest BCUT2D eigenvalue weighted by Crippen LogP contribution is -2.60. The van der Waals surface area contributed by atoms with Crippen LogP contribution >= 0.6 is 11.8 Å². The lowest BCUT2D eigenvalue weighted by Gasteiger charge is -2.39. The fourth-order valence-corrected chi connectivity index (χ4v) is 4.28. The fourth-order valence-electron chi connectivity index (χ4n) is 3.28. The van der Waals surface area contributed by atoms with E-state index in [-0.39, 0.29) is 17.9 Å². The number of hydrogen-bond donors (Lipinski definition) is 1. The average Bonchev–Trinajstić information content (AvgIpc) is 2.57. The summed E-state index contributed by atoms with van der Waals surface area (Å²) in [6, 6.07) is 8.19. The van der Waals surface area contributed by atoms with Crippen LogP contribution in [0.2, 0.25) is 0 Å². The molecular weight excluding hydrogens is 334 g/mol. The van der Waals surface area contributed by atoms with E-state index in [1.165, 1.54) is 11.1 Å². The Bertz CT molecular complexity index is 654. The van der Waals surface area contributed by atoms with Crippen molar-refractivity contribution in [2.45, 2.75) is 38.1 Å². The molecule has 1 atom stereocenters. The van der Waals surface area contributed by atoms with Gasteiger partial charge in [-0.3, -0.25) is 14.5 Å². The van der Waals surface area contributed by atoms with Gasteiger partial charge in [-0.25, -0.2) is 0 Å². The molecule has 2 heterocycles. The molecule has 6 heteroatoms. The number of carbonyl (C=O) groups is 2. The van der Waals surface area contributed by atoms with Gasteiger partial charge in [0, 0.05) is 38.5 Å². The molecule has 2 aliphatic heterocycles. The van der Waals surface area contributed by atoms with Gasteiger partial charge < -0.3 is 10.2 Å². The summed E-state index contributed by atoms with van der Waals surface area (Å²) in [4.78, 5) is 29.1. The highest BCUT2D eigenvalue weighted by Crippen LogP contribution is 2.29. The second-order valence-electron chi connectivity index (χ2n) is 7.44. The number of carbonyl (C=O) groups excluding carboxylic acids is 2. The number of thioether (sulfide) groups is 1. The molecule has 3 rings (SSSR count). The molecule has 0 aliphatic carbocycles. The molecule has 0 bridgehead atoms. The fraction of sp³-hybridized carbons (Fsp3) is 0.579. The van der Waals surface area contributed by atoms with E-state index in [2.05, 4.69) is 41.4 Å². The minimum atomic E-state index is -0.441. The molecule has 1 N–H and O–H groups in total. The van der Waals surface area contributed by atoms with Crippen molar-refractivity contribution >= 4 is 23.6 Å². The Morgan fingerprint density at radius 1 is 1.28 bits per heavy atom. The molecule has 2 saturated heterocycles. The zero-order chi connectivity index (χ0) is 18.0. The largest absolute Gasteiger partial charge is 0.342 e. The third-order valence-corrected chi connectivity index (χ3v) is 6.34. The Kier molecular flexibility index (Phi) is 5.39. The van der Waals surface area contributed by atoms with Crippen molar-refractivity contribution in [1.82, 2.24) is 15.1 Å². The maximum absolute atomic E-state index is 12.7. The van der Waals surface area contributed by atoms with Crippen LogP contribution in [-0.4, -0.2) is 64.3 Å². The summed E-state index contributed by atoms with van der Waals surface area (Å²) in [6.07, 6.45) is 0. The van der Waals surface area contributed by atoms with Gasteiger partial charge in [-0.15, -0.1) is 11.8 Å². The molecule has 1 aromatic rings. The first kappa shape index (κ1) is 18.3. The molecular formula is C19H27N3O2S. The number of piperazine rings is 1. The molecule has 0 aromatic heterocycles. The standard InChI is InChI=1S/C19H27N3O2S/c1-14-5-4-6-15(11-14)12-21-7-9-22(10-8-21)17(23)16-13-25-19(2,3)18(24)20-16/h4-6,11,16H,7-10,12-13H2,1-3H3,(H,20,24)/t16-/m1/s1. The predicted molar refractivity (Wildman–Crippen MR) is 102 cm³/mol. The van der Waals surface area contributed by atoms with Gasteiger partial charge in [-0.2, -0.15) is 0 Å². The van der Waals surface area contributed by atoms with Crippen molar-refractivity contribution < 1.29 is 9.59 Å². The average molecular weight is 362 g/mol. The maximum atomic E-state index is 12.7. The molecule has 1 aromatic carbocycles. The third kappa shape index (κ3) is 4.36. The van der Waals surface area contributed by atoms with Gasteiger partial charge >= 0.3 is 0 Å². The molecule has 0 unspecified atom stereocenters. The van der Waals surface area contributed by atoms with Crippen LogP contribution in [0.5, 0.6) is 0 Å². The van der Waals surface area contributed by atoms with E-state index in [4.69, 9.17) is 0 Å². The van der Waals surface area contributed by atoms with Gasteiger partial charge in [-0.05, 0) is 26.3 Å². The van der Waals surface area contributed by atoms with E-state index in [9.17, 15) is 9.59 Å². The normalized spacial score (nSPS) is 24.0. The highest BCUT2D eigenvalue weighted by molar-refractivity contribution is 8.01. The van der Waals surface area contributed by atoms with Crippen molar-refractivity contribution in [3.8, 4) is 0 Å². The number of aryl methyl sites for hydroxylation is 1. The van der Waals surface area contributed by atoms with Crippen LogP contribution in [0.3, 0.4) is 0 Å². The van der Waals surface area contributed by atoms with Crippen molar-refractivity contribution in [2.24, 2.45) is 0 Å². The van der Waals surface area contributed by atoms with Crippen molar-refractivity contribution in [2.75, 3.05) is 31.9 Å². The lowest BCUT2D eigenvalue weighted by molar-refractivity contribution is -0.138. The smallest absolute Gasteiger partial charge is 0.246 e. The van der Waals surface area contributed by atoms with E-state index in [0.29, 0.717) is 5.75 Å². The zero-order valence-electron chi connectivity index (χ0n) is 15.2. The summed E-state index contributed by atoms with van der Waals surface area (Å²) in [7, 11) is 0. The van der Waals surface area contributed by atoms with Crippen LogP contribution in [0.25, 0.3) is 0 Å². The van der Waals surface area contributed by atoms with Gasteiger partial charge in [0.2, 0.25) is 11.8 Å². The Hall–Kier alpha value is -1.53. The van der Waals surface area contributed by atoms with Crippen LogP contribution in [0, 0.1) is 6.92 Å². The summed E-state index contributed by atoms with van der Waals surface area (Å²) >= 11 is 1.56. The Morgan fingerprint density at radius 3 is 2.64 bits per heavy atom. The molecule has 2 amide bonds. The van der Waals surface area contributed by atoms with Crippen molar-refractivity contribution in [3.63, 3.8) is 0 Å².